The Labute approximate surface area is 156 Å². The number of benzene rings is 3. The Morgan fingerprint density at radius 1 is 0.462 bits per heavy atom. The quantitative estimate of drug-likeness (QED) is 0.539. The summed E-state index contributed by atoms with van der Waals surface area (Å²) in [5.74, 6) is 0.792. The van der Waals surface area contributed by atoms with Crippen LogP contribution in [0.15, 0.2) is 91.0 Å². The van der Waals surface area contributed by atoms with Gasteiger partial charge in [-0.2, -0.15) is 0 Å². The van der Waals surface area contributed by atoms with Gasteiger partial charge in [0.1, 0.15) is 0 Å². The molecule has 0 aromatic heterocycles. The minimum atomic E-state index is 0.513. The van der Waals surface area contributed by atoms with Crippen LogP contribution >= 0.6 is 0 Å². The van der Waals surface area contributed by atoms with Crippen molar-refractivity contribution in [3.63, 3.8) is 0 Å². The van der Waals surface area contributed by atoms with E-state index in [0.717, 1.165) is 5.92 Å². The lowest BCUT2D eigenvalue weighted by Crippen LogP contribution is -2.47. The van der Waals surface area contributed by atoms with E-state index in [-0.39, 0.29) is 0 Å². The van der Waals surface area contributed by atoms with Gasteiger partial charge in [-0.1, -0.05) is 91.0 Å². The van der Waals surface area contributed by atoms with Crippen molar-refractivity contribution in [1.29, 1.82) is 0 Å². The lowest BCUT2D eigenvalue weighted by molar-refractivity contribution is -0.0551. The highest BCUT2D eigenvalue weighted by molar-refractivity contribution is 5.30. The van der Waals surface area contributed by atoms with E-state index in [0.29, 0.717) is 18.1 Å². The van der Waals surface area contributed by atoms with Crippen LogP contribution in [0.4, 0.5) is 0 Å². The summed E-state index contributed by atoms with van der Waals surface area (Å²) in [5, 5.41) is 0. The summed E-state index contributed by atoms with van der Waals surface area (Å²) in [6.45, 7) is 0. The molecular weight excluding hydrogens is 314 g/mol. The molecule has 0 unspecified atom stereocenters. The van der Waals surface area contributed by atoms with Gasteiger partial charge in [-0.15, -0.1) is 0 Å². The number of fused-ring (bicyclic) bond motifs is 3. The molecule has 130 valence electrons. The maximum Gasteiger partial charge on any atom is 0.0363 e. The van der Waals surface area contributed by atoms with Crippen molar-refractivity contribution in [2.24, 2.45) is 5.92 Å². The molecule has 2 bridgehead atoms. The minimum absolute atomic E-state index is 0.513. The molecule has 6 rings (SSSR count). The van der Waals surface area contributed by atoms with Crippen molar-refractivity contribution >= 4 is 0 Å². The topological polar surface area (TPSA) is 3.24 Å². The third-order valence-electron chi connectivity index (χ3n) is 6.30. The fourth-order valence-electron chi connectivity index (χ4n) is 5.20. The SMILES string of the molecule is c1ccc([C@H]2CC3C[C@H](c4ccccc4)N2[C@@H](c2ccccc2)C3)cc1. The molecule has 0 saturated carbocycles. The molecular formula is C25H25N. The van der Waals surface area contributed by atoms with E-state index in [4.69, 9.17) is 0 Å². The second-order valence-electron chi connectivity index (χ2n) is 7.80. The van der Waals surface area contributed by atoms with Gasteiger partial charge in [-0.3, -0.25) is 4.90 Å². The Morgan fingerprint density at radius 3 is 1.08 bits per heavy atom. The lowest BCUT2D eigenvalue weighted by Gasteiger charge is -2.55. The zero-order valence-corrected chi connectivity index (χ0v) is 15.0. The first-order valence-corrected chi connectivity index (χ1v) is 9.82. The monoisotopic (exact) mass is 339 g/mol. The van der Waals surface area contributed by atoms with E-state index in [1.165, 1.54) is 36.0 Å². The number of rotatable bonds is 3. The minimum Gasteiger partial charge on any atom is -0.282 e. The largest absolute Gasteiger partial charge is 0.282 e. The molecule has 0 aliphatic carbocycles. The van der Waals surface area contributed by atoms with Gasteiger partial charge in [0.2, 0.25) is 0 Å². The Balaban J connectivity index is 1.60. The van der Waals surface area contributed by atoms with Crippen LogP contribution < -0.4 is 0 Å². The van der Waals surface area contributed by atoms with Gasteiger partial charge in [0.05, 0.1) is 0 Å². The van der Waals surface area contributed by atoms with Crippen LogP contribution in [0, 0.1) is 5.92 Å². The van der Waals surface area contributed by atoms with Crippen LogP contribution in [0.25, 0.3) is 0 Å². The van der Waals surface area contributed by atoms with Crippen LogP contribution in [-0.4, -0.2) is 4.90 Å². The number of piperidine rings is 3. The average molecular weight is 339 g/mol. The highest BCUT2D eigenvalue weighted by atomic mass is 15.2. The predicted molar refractivity (Wildman–Crippen MR) is 107 cm³/mol. The van der Waals surface area contributed by atoms with Crippen LogP contribution in [0.3, 0.4) is 0 Å². The third kappa shape index (κ3) is 2.77. The van der Waals surface area contributed by atoms with Gasteiger partial charge < -0.3 is 0 Å². The highest BCUT2D eigenvalue weighted by Crippen LogP contribution is 2.56. The fraction of sp³-hybridized carbons (Fsp3) is 0.280. The first-order valence-electron chi connectivity index (χ1n) is 9.82. The first kappa shape index (κ1) is 15.8. The summed E-state index contributed by atoms with van der Waals surface area (Å²) in [7, 11) is 0. The van der Waals surface area contributed by atoms with E-state index in [1.807, 2.05) is 0 Å². The highest BCUT2D eigenvalue weighted by Gasteiger charge is 2.46. The fourth-order valence-corrected chi connectivity index (χ4v) is 5.20. The Kier molecular flexibility index (Phi) is 4.10. The van der Waals surface area contributed by atoms with Gasteiger partial charge in [0.25, 0.3) is 0 Å². The van der Waals surface area contributed by atoms with Crippen molar-refractivity contribution in [2.45, 2.75) is 37.4 Å². The van der Waals surface area contributed by atoms with Gasteiger partial charge in [0, 0.05) is 18.1 Å². The van der Waals surface area contributed by atoms with E-state index in [9.17, 15) is 0 Å². The molecule has 3 heterocycles. The lowest BCUT2D eigenvalue weighted by atomic mass is 9.70. The van der Waals surface area contributed by atoms with Gasteiger partial charge >= 0.3 is 0 Å². The molecule has 26 heavy (non-hydrogen) atoms. The van der Waals surface area contributed by atoms with Crippen LogP contribution in [0.2, 0.25) is 0 Å². The van der Waals surface area contributed by atoms with Crippen molar-refractivity contribution in [1.82, 2.24) is 4.90 Å². The number of hydrogen-bond donors (Lipinski definition) is 0. The summed E-state index contributed by atoms with van der Waals surface area (Å²) in [6, 6.07) is 34.9. The first-order chi connectivity index (χ1) is 12.9. The van der Waals surface area contributed by atoms with Crippen LogP contribution in [-0.2, 0) is 0 Å². The molecule has 0 spiro atoms. The summed E-state index contributed by atoms with van der Waals surface area (Å²) in [6.07, 6.45) is 3.87. The Bertz CT molecular complexity index is 725. The van der Waals surface area contributed by atoms with E-state index >= 15 is 0 Å². The zero-order chi connectivity index (χ0) is 17.3. The van der Waals surface area contributed by atoms with Gasteiger partial charge in [-0.05, 0) is 41.9 Å². The van der Waals surface area contributed by atoms with Gasteiger partial charge in [0.15, 0.2) is 0 Å². The predicted octanol–water partition coefficient (Wildman–Crippen LogP) is 6.33. The summed E-state index contributed by atoms with van der Waals surface area (Å²) >= 11 is 0. The summed E-state index contributed by atoms with van der Waals surface area (Å²) in [5.41, 5.74) is 4.41. The van der Waals surface area contributed by atoms with E-state index in [2.05, 4.69) is 95.9 Å². The normalized spacial score (nSPS) is 30.2. The van der Waals surface area contributed by atoms with Crippen molar-refractivity contribution in [3.8, 4) is 0 Å². The molecule has 0 N–H and O–H groups in total. The van der Waals surface area contributed by atoms with Crippen molar-refractivity contribution in [3.05, 3.63) is 108 Å². The van der Waals surface area contributed by atoms with E-state index in [1.54, 1.807) is 0 Å². The molecule has 3 aliphatic heterocycles. The maximum absolute atomic E-state index is 2.82. The molecule has 3 fully saturated rings. The standard InChI is InChI=1S/C25H25N/c1-4-10-20(11-5-1)23-16-19-17-24(21-12-6-2-7-13-21)26(23)25(18-19)22-14-8-3-9-15-22/h1-15,19,23-25H,16-18H2/t23-,24-,25-/m1/s1. The summed E-state index contributed by atoms with van der Waals surface area (Å²) < 4.78 is 0. The number of nitrogens with zero attached hydrogens (tertiary/aromatic N) is 1. The Morgan fingerprint density at radius 2 is 0.769 bits per heavy atom. The van der Waals surface area contributed by atoms with Crippen molar-refractivity contribution in [2.75, 3.05) is 0 Å². The van der Waals surface area contributed by atoms with Crippen LogP contribution in [0.5, 0.6) is 0 Å². The second kappa shape index (κ2) is 6.74. The van der Waals surface area contributed by atoms with Gasteiger partial charge in [-0.25, -0.2) is 0 Å². The number of hydrogen-bond acceptors (Lipinski definition) is 1. The molecule has 0 amide bonds. The molecule has 3 aliphatic rings. The van der Waals surface area contributed by atoms with Crippen LogP contribution in [0.1, 0.15) is 54.1 Å². The molecule has 3 atom stereocenters. The molecule has 1 heteroatoms. The summed E-state index contributed by atoms with van der Waals surface area (Å²) in [4.78, 5) is 2.82. The molecule has 0 radical (unpaired) electrons. The Hall–Kier alpha value is -2.38. The molecule has 3 aromatic rings. The smallest absolute Gasteiger partial charge is 0.0363 e. The van der Waals surface area contributed by atoms with Crippen molar-refractivity contribution < 1.29 is 0 Å². The molecule has 3 aromatic carbocycles. The second-order valence-corrected chi connectivity index (χ2v) is 7.80. The maximum atomic E-state index is 2.82. The zero-order valence-electron chi connectivity index (χ0n) is 15.0. The average Bonchev–Trinajstić information content (AvgIpc) is 2.75. The third-order valence-corrected chi connectivity index (χ3v) is 6.30. The van der Waals surface area contributed by atoms with E-state index < -0.39 is 0 Å². The molecule has 3 saturated heterocycles. The molecule has 1 nitrogen and oxygen atoms in total.